The van der Waals surface area contributed by atoms with Crippen LogP contribution in [0.3, 0.4) is 0 Å². The van der Waals surface area contributed by atoms with Gasteiger partial charge in [0, 0.05) is 25.4 Å². The highest BCUT2D eigenvalue weighted by molar-refractivity contribution is 7.20. The maximum atomic E-state index is 11.8. The molecule has 0 radical (unpaired) electrons. The van der Waals surface area contributed by atoms with E-state index in [0.29, 0.717) is 10.9 Å². The van der Waals surface area contributed by atoms with Gasteiger partial charge in [-0.1, -0.05) is 23.5 Å². The summed E-state index contributed by atoms with van der Waals surface area (Å²) < 4.78 is 6.70. The van der Waals surface area contributed by atoms with Gasteiger partial charge in [0.15, 0.2) is 0 Å². The van der Waals surface area contributed by atoms with Crippen LogP contribution in [0.15, 0.2) is 41.3 Å². The average molecular weight is 356 g/mol. The number of hydrogen-bond donors (Lipinski definition) is 0. The quantitative estimate of drug-likeness (QED) is 0.719. The Morgan fingerprint density at radius 2 is 2.12 bits per heavy atom. The summed E-state index contributed by atoms with van der Waals surface area (Å²) in [7, 11) is 1.70. The number of hydrogen-bond acceptors (Lipinski definition) is 6. The number of piperidine rings is 1. The fraction of sp³-hybridized carbons (Fsp3) is 0.389. The van der Waals surface area contributed by atoms with Gasteiger partial charge in [0.1, 0.15) is 5.75 Å². The first-order valence-electron chi connectivity index (χ1n) is 8.46. The topological polar surface area (TPSA) is 59.7 Å². The molecule has 1 aliphatic heterocycles. The third-order valence-electron chi connectivity index (χ3n) is 4.70. The van der Waals surface area contributed by atoms with Crippen LogP contribution in [-0.2, 0) is 6.42 Å². The second-order valence-corrected chi connectivity index (χ2v) is 7.28. The molecule has 1 aliphatic rings. The lowest BCUT2D eigenvalue weighted by Gasteiger charge is -2.31. The van der Waals surface area contributed by atoms with E-state index in [1.54, 1.807) is 13.3 Å². The largest absolute Gasteiger partial charge is 0.497 e. The first kappa shape index (κ1) is 16.1. The Labute approximate surface area is 149 Å². The van der Waals surface area contributed by atoms with E-state index >= 15 is 0 Å². The molecule has 0 N–H and O–H groups in total. The van der Waals surface area contributed by atoms with Crippen LogP contribution in [0.2, 0.25) is 0 Å². The van der Waals surface area contributed by atoms with Gasteiger partial charge in [0.05, 0.1) is 7.11 Å². The minimum atomic E-state index is -0.125. The molecule has 6 nitrogen and oxygen atoms in total. The molecular formula is C18H20N4O2S. The van der Waals surface area contributed by atoms with Crippen molar-refractivity contribution in [2.24, 2.45) is 5.92 Å². The summed E-state index contributed by atoms with van der Waals surface area (Å²) in [5, 5.41) is 5.32. The van der Waals surface area contributed by atoms with Crippen molar-refractivity contribution in [3.05, 3.63) is 52.4 Å². The van der Waals surface area contributed by atoms with Crippen molar-refractivity contribution < 1.29 is 4.74 Å². The third kappa shape index (κ3) is 3.37. The molecule has 7 heteroatoms. The monoisotopic (exact) mass is 356 g/mol. The van der Waals surface area contributed by atoms with E-state index in [1.807, 2.05) is 6.07 Å². The van der Waals surface area contributed by atoms with Crippen molar-refractivity contribution in [3.8, 4) is 5.75 Å². The zero-order valence-electron chi connectivity index (χ0n) is 14.1. The number of rotatable bonds is 4. The average Bonchev–Trinajstić information content (AvgIpc) is 3.08. The number of benzene rings is 1. The van der Waals surface area contributed by atoms with Gasteiger partial charge >= 0.3 is 0 Å². The van der Waals surface area contributed by atoms with Gasteiger partial charge in [-0.05, 0) is 42.9 Å². The van der Waals surface area contributed by atoms with Crippen LogP contribution in [0.1, 0.15) is 18.4 Å². The smallest absolute Gasteiger partial charge is 0.275 e. The molecule has 3 aromatic rings. The summed E-state index contributed by atoms with van der Waals surface area (Å²) in [6.07, 6.45) is 4.86. The molecule has 0 spiro atoms. The fourth-order valence-corrected chi connectivity index (χ4v) is 4.25. The summed E-state index contributed by atoms with van der Waals surface area (Å²) in [6.45, 7) is 1.92. The molecule has 1 saturated heterocycles. The van der Waals surface area contributed by atoms with E-state index in [9.17, 15) is 4.79 Å². The maximum absolute atomic E-state index is 11.8. The molecule has 0 aliphatic carbocycles. The molecule has 0 atom stereocenters. The highest BCUT2D eigenvalue weighted by atomic mass is 32.1. The normalized spacial score (nSPS) is 15.6. The molecule has 0 unspecified atom stereocenters. The van der Waals surface area contributed by atoms with E-state index in [2.05, 4.69) is 33.2 Å². The second kappa shape index (κ2) is 6.84. The molecular weight excluding hydrogens is 336 g/mol. The van der Waals surface area contributed by atoms with Crippen molar-refractivity contribution in [2.45, 2.75) is 19.3 Å². The van der Waals surface area contributed by atoms with Gasteiger partial charge in [-0.2, -0.15) is 4.52 Å². The number of fused-ring (bicyclic) bond motifs is 1. The molecule has 130 valence electrons. The van der Waals surface area contributed by atoms with Crippen LogP contribution >= 0.6 is 11.3 Å². The number of ether oxygens (including phenoxy) is 1. The Morgan fingerprint density at radius 1 is 1.28 bits per heavy atom. The van der Waals surface area contributed by atoms with Crippen molar-refractivity contribution in [1.29, 1.82) is 0 Å². The van der Waals surface area contributed by atoms with E-state index < -0.39 is 0 Å². The number of aromatic nitrogens is 3. The summed E-state index contributed by atoms with van der Waals surface area (Å²) >= 11 is 1.48. The summed E-state index contributed by atoms with van der Waals surface area (Å²) in [5.41, 5.74) is 1.20. The van der Waals surface area contributed by atoms with E-state index in [4.69, 9.17) is 4.74 Å². The first-order chi connectivity index (χ1) is 12.2. The summed E-state index contributed by atoms with van der Waals surface area (Å²) in [4.78, 5) is 19.0. The van der Waals surface area contributed by atoms with Crippen LogP contribution in [0.25, 0.3) is 4.96 Å². The Hall–Kier alpha value is -2.41. The van der Waals surface area contributed by atoms with E-state index in [1.165, 1.54) is 27.5 Å². The Bertz CT molecular complexity index is 928. The van der Waals surface area contributed by atoms with Gasteiger partial charge in [0.2, 0.25) is 10.1 Å². The molecule has 3 heterocycles. The molecule has 1 aromatic carbocycles. The molecule has 2 aromatic heterocycles. The standard InChI is InChI=1S/C18H20N4O2S/c1-24-15-4-2-3-14(12-15)11-13-6-9-21(10-7-13)18-20-22-16(23)5-8-19-17(22)25-18/h2-5,8,12-13H,6-7,9-11H2,1H3. The summed E-state index contributed by atoms with van der Waals surface area (Å²) in [5.74, 6) is 1.58. The highest BCUT2D eigenvalue weighted by Gasteiger charge is 2.22. The lowest BCUT2D eigenvalue weighted by Crippen LogP contribution is -2.34. The van der Waals surface area contributed by atoms with Crippen LogP contribution in [0, 0.1) is 5.92 Å². The Balaban J connectivity index is 1.42. The lowest BCUT2D eigenvalue weighted by molar-refractivity contribution is 0.398. The van der Waals surface area contributed by atoms with Gasteiger partial charge in [0.25, 0.3) is 5.56 Å². The van der Waals surface area contributed by atoms with Crippen molar-refractivity contribution in [3.63, 3.8) is 0 Å². The third-order valence-corrected chi connectivity index (χ3v) is 5.69. The number of methoxy groups -OCH3 is 1. The van der Waals surface area contributed by atoms with E-state index in [0.717, 1.165) is 43.2 Å². The molecule has 1 fully saturated rings. The van der Waals surface area contributed by atoms with Gasteiger partial charge in [-0.3, -0.25) is 4.79 Å². The molecule has 0 saturated carbocycles. The lowest BCUT2D eigenvalue weighted by atomic mass is 9.90. The highest BCUT2D eigenvalue weighted by Crippen LogP contribution is 2.28. The van der Waals surface area contributed by atoms with Crippen LogP contribution < -0.4 is 15.2 Å². The molecule has 25 heavy (non-hydrogen) atoms. The zero-order chi connectivity index (χ0) is 17.2. The summed E-state index contributed by atoms with van der Waals surface area (Å²) in [6, 6.07) is 9.76. The first-order valence-corrected chi connectivity index (χ1v) is 9.27. The van der Waals surface area contributed by atoms with Gasteiger partial charge in [-0.25, -0.2) is 4.98 Å². The number of anilines is 1. The Kier molecular flexibility index (Phi) is 4.40. The van der Waals surface area contributed by atoms with Crippen LogP contribution in [0.5, 0.6) is 5.75 Å². The van der Waals surface area contributed by atoms with Gasteiger partial charge in [-0.15, -0.1) is 5.10 Å². The number of nitrogens with zero attached hydrogens (tertiary/aromatic N) is 4. The van der Waals surface area contributed by atoms with Gasteiger partial charge < -0.3 is 9.64 Å². The van der Waals surface area contributed by atoms with Crippen LogP contribution in [0.4, 0.5) is 5.13 Å². The maximum Gasteiger partial charge on any atom is 0.275 e. The van der Waals surface area contributed by atoms with Crippen molar-refractivity contribution in [2.75, 3.05) is 25.1 Å². The Morgan fingerprint density at radius 3 is 2.88 bits per heavy atom. The minimum Gasteiger partial charge on any atom is -0.497 e. The fourth-order valence-electron chi connectivity index (χ4n) is 3.32. The van der Waals surface area contributed by atoms with Crippen molar-refractivity contribution >= 4 is 21.4 Å². The SMILES string of the molecule is COc1cccc(CC2CCN(c3nn4c(=O)ccnc4s3)CC2)c1. The second-order valence-electron chi connectivity index (χ2n) is 6.35. The predicted octanol–water partition coefficient (Wildman–Crippen LogP) is 2.62. The van der Waals surface area contributed by atoms with Crippen molar-refractivity contribution in [1.82, 2.24) is 14.6 Å². The minimum absolute atomic E-state index is 0.125. The molecule has 0 bridgehead atoms. The molecule has 0 amide bonds. The predicted molar refractivity (Wildman–Crippen MR) is 98.8 cm³/mol. The zero-order valence-corrected chi connectivity index (χ0v) is 14.9. The van der Waals surface area contributed by atoms with E-state index in [-0.39, 0.29) is 5.56 Å². The molecule has 4 rings (SSSR count). The van der Waals surface area contributed by atoms with Crippen LogP contribution in [-0.4, -0.2) is 34.8 Å².